The van der Waals surface area contributed by atoms with Crippen molar-refractivity contribution < 1.29 is 12.8 Å². The van der Waals surface area contributed by atoms with Crippen LogP contribution in [0.25, 0.3) is 6.08 Å². The van der Waals surface area contributed by atoms with Crippen molar-refractivity contribution in [3.05, 3.63) is 69.9 Å². The lowest BCUT2D eigenvalue weighted by molar-refractivity contribution is 0.608. The highest BCUT2D eigenvalue weighted by Crippen LogP contribution is 2.19. The van der Waals surface area contributed by atoms with E-state index in [0.29, 0.717) is 5.56 Å². The van der Waals surface area contributed by atoms with Gasteiger partial charge in [0.05, 0.1) is 0 Å². The number of nitrogens with one attached hydrogen (secondary N) is 1. The second kappa shape index (κ2) is 6.63. The number of hydrogen-bond acceptors (Lipinski definition) is 3. The van der Waals surface area contributed by atoms with Crippen molar-refractivity contribution in [3.63, 3.8) is 0 Å². The number of hydrogen-bond donors (Lipinski definition) is 1. The normalized spacial score (nSPS) is 11.8. The lowest BCUT2D eigenvalue weighted by Crippen LogP contribution is -2.14. The summed E-state index contributed by atoms with van der Waals surface area (Å²) in [4.78, 5) is -0.407. The summed E-state index contributed by atoms with van der Waals surface area (Å²) < 4.78 is 39.8. The number of allylic oxidation sites excluding steroid dienone is 1. The molecule has 118 valence electrons. The number of anilines is 1. The lowest BCUT2D eigenvalue weighted by Gasteiger charge is -2.08. The van der Waals surface area contributed by atoms with Crippen molar-refractivity contribution in [1.82, 2.24) is 0 Å². The molecule has 0 unspecified atom stereocenters. The van der Waals surface area contributed by atoms with Crippen LogP contribution in [0.3, 0.4) is 0 Å². The highest BCUT2D eigenvalue weighted by atomic mass is 32.2. The summed E-state index contributed by atoms with van der Waals surface area (Å²) in [5, 5.41) is 9.21. The third kappa shape index (κ3) is 4.18. The van der Waals surface area contributed by atoms with Gasteiger partial charge in [0.1, 0.15) is 11.9 Å². The molecule has 6 heteroatoms. The number of halogens is 1. The van der Waals surface area contributed by atoms with Crippen molar-refractivity contribution in [2.45, 2.75) is 13.8 Å². The fourth-order valence-corrected chi connectivity index (χ4v) is 2.91. The molecule has 0 spiro atoms. The largest absolute Gasteiger partial charge is 0.279 e. The summed E-state index contributed by atoms with van der Waals surface area (Å²) in [6, 6.07) is 12.1. The second-order valence-corrected chi connectivity index (χ2v) is 6.74. The molecule has 0 aliphatic rings. The molecule has 2 aromatic carbocycles. The first-order valence-corrected chi connectivity index (χ1v) is 8.27. The molecule has 0 bridgehead atoms. The van der Waals surface area contributed by atoms with Crippen molar-refractivity contribution in [3.8, 4) is 6.07 Å². The molecular weight excluding hydrogens is 315 g/mol. The molecule has 1 N–H and O–H groups in total. The molecule has 23 heavy (non-hydrogen) atoms. The maximum atomic E-state index is 12.9. The van der Waals surface area contributed by atoms with Crippen LogP contribution >= 0.6 is 0 Å². The molecule has 0 fully saturated rings. The van der Waals surface area contributed by atoms with E-state index in [0.717, 1.165) is 23.3 Å². The molecule has 0 amide bonds. The van der Waals surface area contributed by atoms with E-state index in [9.17, 15) is 18.1 Å². The Labute approximate surface area is 134 Å². The van der Waals surface area contributed by atoms with Gasteiger partial charge in [-0.25, -0.2) is 12.8 Å². The topological polar surface area (TPSA) is 70.0 Å². The quantitative estimate of drug-likeness (QED) is 0.868. The molecule has 0 aliphatic heterocycles. The van der Waals surface area contributed by atoms with Gasteiger partial charge in [0.2, 0.25) is 0 Å². The predicted molar refractivity (Wildman–Crippen MR) is 88.4 cm³/mol. The average molecular weight is 330 g/mol. The fourth-order valence-electron chi connectivity index (χ4n) is 1.95. The van der Waals surface area contributed by atoms with Gasteiger partial charge in [0.25, 0.3) is 10.0 Å². The zero-order chi connectivity index (χ0) is 17.0. The molecule has 2 rings (SSSR count). The first kappa shape index (κ1) is 16.7. The smallest absolute Gasteiger partial charge is 0.272 e. The molecule has 0 saturated heterocycles. The number of benzene rings is 2. The molecule has 0 saturated carbocycles. The SMILES string of the molecule is Cc1ccc(C)c(C=C(C#N)S(=O)(=O)Nc2ccc(F)cc2)c1. The fraction of sp³-hybridized carbons (Fsp3) is 0.118. The van der Waals surface area contributed by atoms with E-state index in [4.69, 9.17) is 0 Å². The standard InChI is InChI=1S/C17H15FN2O2S/c1-12-3-4-13(2)14(9-12)10-17(11-19)23(21,22)20-16-7-5-15(18)6-8-16/h3-10,20H,1-2H3. The molecular formula is C17H15FN2O2S. The number of aryl methyl sites for hydroxylation is 2. The van der Waals surface area contributed by atoms with E-state index in [-0.39, 0.29) is 5.69 Å². The van der Waals surface area contributed by atoms with E-state index < -0.39 is 20.7 Å². The molecule has 0 atom stereocenters. The average Bonchev–Trinajstić information content (AvgIpc) is 2.50. The Bertz CT molecular complexity index is 895. The van der Waals surface area contributed by atoms with Gasteiger partial charge in [-0.1, -0.05) is 23.8 Å². The minimum absolute atomic E-state index is 0.188. The molecule has 2 aromatic rings. The van der Waals surface area contributed by atoms with Gasteiger partial charge in [-0.05, 0) is 55.3 Å². The predicted octanol–water partition coefficient (Wildman–Crippen LogP) is 3.75. The van der Waals surface area contributed by atoms with Crippen LogP contribution in [0.4, 0.5) is 10.1 Å². The summed E-state index contributed by atoms with van der Waals surface area (Å²) in [5.74, 6) is -0.473. The highest BCUT2D eigenvalue weighted by molar-refractivity contribution is 7.96. The Morgan fingerprint density at radius 1 is 1.17 bits per heavy atom. The molecule has 0 heterocycles. The van der Waals surface area contributed by atoms with Crippen LogP contribution in [0.15, 0.2) is 47.4 Å². The zero-order valence-corrected chi connectivity index (χ0v) is 13.5. The van der Waals surface area contributed by atoms with E-state index in [1.807, 2.05) is 26.0 Å². The van der Waals surface area contributed by atoms with E-state index in [1.165, 1.54) is 18.2 Å². The maximum absolute atomic E-state index is 12.9. The third-order valence-corrected chi connectivity index (χ3v) is 4.51. The van der Waals surface area contributed by atoms with Gasteiger partial charge in [0.15, 0.2) is 4.91 Å². The number of rotatable bonds is 4. The first-order chi connectivity index (χ1) is 10.8. The molecule has 0 radical (unpaired) electrons. The van der Waals surface area contributed by atoms with Crippen LogP contribution in [0, 0.1) is 31.0 Å². The maximum Gasteiger partial charge on any atom is 0.272 e. The van der Waals surface area contributed by atoms with Gasteiger partial charge in [-0.2, -0.15) is 5.26 Å². The minimum Gasteiger partial charge on any atom is -0.279 e. The van der Waals surface area contributed by atoms with Gasteiger partial charge in [-0.3, -0.25) is 4.72 Å². The van der Waals surface area contributed by atoms with Gasteiger partial charge in [-0.15, -0.1) is 0 Å². The number of nitriles is 1. The van der Waals surface area contributed by atoms with Crippen LogP contribution in [0.2, 0.25) is 0 Å². The summed E-state index contributed by atoms with van der Waals surface area (Å²) in [7, 11) is -4.04. The Balaban J connectivity index is 2.39. The van der Waals surface area contributed by atoms with E-state index in [2.05, 4.69) is 4.72 Å². The molecule has 4 nitrogen and oxygen atoms in total. The number of nitrogens with zero attached hydrogens (tertiary/aromatic N) is 1. The van der Waals surface area contributed by atoms with Crippen LogP contribution in [0.5, 0.6) is 0 Å². The zero-order valence-electron chi connectivity index (χ0n) is 12.7. The lowest BCUT2D eigenvalue weighted by atomic mass is 10.1. The summed E-state index contributed by atoms with van der Waals surface area (Å²) >= 11 is 0. The Hall–Kier alpha value is -2.65. The van der Waals surface area contributed by atoms with Crippen LogP contribution < -0.4 is 4.72 Å². The summed E-state index contributed by atoms with van der Waals surface area (Å²) in [6.07, 6.45) is 1.33. The van der Waals surface area contributed by atoms with E-state index >= 15 is 0 Å². The number of sulfonamides is 1. The second-order valence-electron chi connectivity index (χ2n) is 5.09. The third-order valence-electron chi connectivity index (χ3n) is 3.22. The minimum atomic E-state index is -4.04. The van der Waals surface area contributed by atoms with Crippen molar-refractivity contribution in [2.75, 3.05) is 4.72 Å². The van der Waals surface area contributed by atoms with Gasteiger partial charge >= 0.3 is 0 Å². The van der Waals surface area contributed by atoms with Crippen LogP contribution in [-0.2, 0) is 10.0 Å². The summed E-state index contributed by atoms with van der Waals surface area (Å²) in [6.45, 7) is 3.72. The monoisotopic (exact) mass is 330 g/mol. The van der Waals surface area contributed by atoms with E-state index in [1.54, 1.807) is 12.1 Å². The van der Waals surface area contributed by atoms with Crippen LogP contribution in [-0.4, -0.2) is 8.42 Å². The summed E-state index contributed by atoms with van der Waals surface area (Å²) in [5.41, 5.74) is 2.67. The Morgan fingerprint density at radius 3 is 2.43 bits per heavy atom. The van der Waals surface area contributed by atoms with Crippen LogP contribution in [0.1, 0.15) is 16.7 Å². The van der Waals surface area contributed by atoms with Gasteiger partial charge in [0, 0.05) is 5.69 Å². The van der Waals surface area contributed by atoms with Crippen molar-refractivity contribution in [2.24, 2.45) is 0 Å². The molecule has 0 aromatic heterocycles. The van der Waals surface area contributed by atoms with Crippen molar-refractivity contribution in [1.29, 1.82) is 5.26 Å². The Kier molecular flexibility index (Phi) is 4.82. The van der Waals surface area contributed by atoms with Crippen molar-refractivity contribution >= 4 is 21.8 Å². The Morgan fingerprint density at radius 2 is 1.83 bits per heavy atom. The molecule has 0 aliphatic carbocycles. The first-order valence-electron chi connectivity index (χ1n) is 6.79. The van der Waals surface area contributed by atoms with Gasteiger partial charge < -0.3 is 0 Å². The highest BCUT2D eigenvalue weighted by Gasteiger charge is 2.18.